The predicted octanol–water partition coefficient (Wildman–Crippen LogP) is 6.85. The van der Waals surface area contributed by atoms with Crippen molar-refractivity contribution in [1.82, 2.24) is 15.2 Å². The number of aromatic nitrogens is 1. The predicted molar refractivity (Wildman–Crippen MR) is 143 cm³/mol. The number of imide groups is 1. The molecule has 1 unspecified atom stereocenters. The third-order valence-corrected chi connectivity index (χ3v) is 7.46. The molecule has 2 aromatic carbocycles. The molecule has 3 heterocycles. The molecule has 5 rings (SSSR count). The van der Waals surface area contributed by atoms with Crippen LogP contribution in [0.1, 0.15) is 42.7 Å². The molecule has 1 aliphatic heterocycles. The number of aryl methyl sites for hydroxylation is 1. The Kier molecular flexibility index (Phi) is 7.60. The Balaban J connectivity index is 1.39. The average molecular weight is 622 g/mol. The van der Waals surface area contributed by atoms with E-state index in [4.69, 9.17) is 9.15 Å². The summed E-state index contributed by atoms with van der Waals surface area (Å²) in [6.07, 6.45) is -8.86. The summed E-state index contributed by atoms with van der Waals surface area (Å²) in [5.41, 5.74) is -6.61. The van der Waals surface area contributed by atoms with E-state index in [9.17, 15) is 41.0 Å². The van der Waals surface area contributed by atoms with E-state index in [-0.39, 0.29) is 35.7 Å². The number of amides is 3. The van der Waals surface area contributed by atoms with Crippen molar-refractivity contribution in [3.8, 4) is 11.5 Å². The van der Waals surface area contributed by atoms with Crippen LogP contribution in [0.5, 0.6) is 11.5 Å². The first kappa shape index (κ1) is 30.9. The third-order valence-electron chi connectivity index (χ3n) is 7.46. The van der Waals surface area contributed by atoms with Gasteiger partial charge in [-0.1, -0.05) is 31.5 Å². The standard InChI is InChI=1S/C30H25F6N3O5/c1-3-4-18-13-20(28(42,29(31,32)33)30(34,35)36)7-8-23(18)44-22-9-11-37-21(15-22)16-39-25(40)27(2,38-26(39)41)19-6-5-17-10-12-43-24(17)14-19/h5-15,42H,3-4,16H2,1-2H3,(H,38,41). The minimum Gasteiger partial charge on any atom is -0.464 e. The van der Waals surface area contributed by atoms with E-state index in [0.29, 0.717) is 29.7 Å². The lowest BCUT2D eigenvalue weighted by atomic mass is 9.90. The lowest BCUT2D eigenvalue weighted by molar-refractivity contribution is -0.376. The molecule has 14 heteroatoms. The molecular weight excluding hydrogens is 596 g/mol. The lowest BCUT2D eigenvalue weighted by Gasteiger charge is -2.33. The van der Waals surface area contributed by atoms with Crippen molar-refractivity contribution in [2.75, 3.05) is 0 Å². The van der Waals surface area contributed by atoms with Crippen molar-refractivity contribution < 1.29 is 50.2 Å². The highest BCUT2D eigenvalue weighted by molar-refractivity contribution is 6.07. The number of benzene rings is 2. The third kappa shape index (κ3) is 5.23. The average Bonchev–Trinajstić information content (AvgIpc) is 3.51. The van der Waals surface area contributed by atoms with Crippen LogP contribution in [0.25, 0.3) is 11.0 Å². The molecule has 1 aliphatic rings. The number of nitrogens with zero attached hydrogens (tertiary/aromatic N) is 2. The minimum atomic E-state index is -6.03. The molecular formula is C30H25F6N3O5. The number of hydrogen-bond donors (Lipinski definition) is 2. The van der Waals surface area contributed by atoms with Crippen molar-refractivity contribution in [3.05, 3.63) is 89.4 Å². The lowest BCUT2D eigenvalue weighted by Crippen LogP contribution is -2.53. The van der Waals surface area contributed by atoms with Crippen molar-refractivity contribution >= 4 is 22.9 Å². The molecule has 232 valence electrons. The van der Waals surface area contributed by atoms with Gasteiger partial charge in [0.25, 0.3) is 11.5 Å². The van der Waals surface area contributed by atoms with E-state index in [1.165, 1.54) is 24.6 Å². The Morgan fingerprint density at radius 1 is 1.00 bits per heavy atom. The minimum absolute atomic E-state index is 0.00585. The highest BCUT2D eigenvalue weighted by Gasteiger charge is 2.71. The summed E-state index contributed by atoms with van der Waals surface area (Å²) in [6, 6.07) is 11.0. The van der Waals surface area contributed by atoms with Crippen molar-refractivity contribution in [3.63, 3.8) is 0 Å². The fourth-order valence-electron chi connectivity index (χ4n) is 5.05. The van der Waals surface area contributed by atoms with E-state index in [1.54, 1.807) is 38.1 Å². The molecule has 2 aromatic heterocycles. The first-order chi connectivity index (χ1) is 20.6. The van der Waals surface area contributed by atoms with Gasteiger partial charge in [0.1, 0.15) is 22.6 Å². The van der Waals surface area contributed by atoms with Gasteiger partial charge >= 0.3 is 18.4 Å². The van der Waals surface area contributed by atoms with Crippen LogP contribution in [0.2, 0.25) is 0 Å². The monoisotopic (exact) mass is 621 g/mol. The maximum absolute atomic E-state index is 13.4. The molecule has 2 N–H and O–H groups in total. The van der Waals surface area contributed by atoms with Gasteiger partial charge in [-0.2, -0.15) is 26.3 Å². The molecule has 3 amide bonds. The molecule has 0 bridgehead atoms. The number of furan rings is 1. The number of nitrogens with one attached hydrogen (secondary N) is 1. The van der Waals surface area contributed by atoms with E-state index in [0.717, 1.165) is 16.4 Å². The van der Waals surface area contributed by atoms with Crippen molar-refractivity contribution in [2.24, 2.45) is 0 Å². The Labute approximate surface area is 246 Å². The number of hydrogen-bond acceptors (Lipinski definition) is 6. The summed E-state index contributed by atoms with van der Waals surface area (Å²) >= 11 is 0. The van der Waals surface area contributed by atoms with Gasteiger partial charge < -0.3 is 19.6 Å². The smallest absolute Gasteiger partial charge is 0.430 e. The molecule has 0 saturated carbocycles. The van der Waals surface area contributed by atoms with Gasteiger partial charge in [-0.05, 0) is 54.8 Å². The maximum Gasteiger partial charge on any atom is 0.430 e. The molecule has 1 saturated heterocycles. The quantitative estimate of drug-likeness (QED) is 0.165. The van der Waals surface area contributed by atoms with Gasteiger partial charge in [-0.25, -0.2) is 4.79 Å². The van der Waals surface area contributed by atoms with Crippen LogP contribution in [-0.2, 0) is 28.9 Å². The van der Waals surface area contributed by atoms with Crippen molar-refractivity contribution in [2.45, 2.75) is 56.7 Å². The number of urea groups is 1. The van der Waals surface area contributed by atoms with E-state index in [1.807, 2.05) is 0 Å². The first-order valence-corrected chi connectivity index (χ1v) is 13.3. The van der Waals surface area contributed by atoms with E-state index >= 15 is 0 Å². The normalized spacial score (nSPS) is 17.8. The number of aliphatic hydroxyl groups is 1. The highest BCUT2D eigenvalue weighted by atomic mass is 19.4. The van der Waals surface area contributed by atoms with Crippen LogP contribution in [0.4, 0.5) is 31.1 Å². The van der Waals surface area contributed by atoms with Gasteiger partial charge in [0.2, 0.25) is 0 Å². The molecule has 8 nitrogen and oxygen atoms in total. The number of carbonyl (C=O) groups is 2. The molecule has 1 atom stereocenters. The largest absolute Gasteiger partial charge is 0.464 e. The summed E-state index contributed by atoms with van der Waals surface area (Å²) in [6.45, 7) is 2.96. The number of fused-ring (bicyclic) bond motifs is 1. The summed E-state index contributed by atoms with van der Waals surface area (Å²) in [5.74, 6) is -0.500. The number of rotatable bonds is 8. The number of pyridine rings is 1. The van der Waals surface area contributed by atoms with Gasteiger partial charge in [0.05, 0.1) is 18.5 Å². The second kappa shape index (κ2) is 10.8. The summed E-state index contributed by atoms with van der Waals surface area (Å²) in [5, 5.41) is 13.3. The fraction of sp³-hybridized carbons (Fsp3) is 0.300. The molecule has 44 heavy (non-hydrogen) atoms. The van der Waals surface area contributed by atoms with E-state index in [2.05, 4.69) is 10.3 Å². The first-order valence-electron chi connectivity index (χ1n) is 13.3. The molecule has 0 spiro atoms. The number of alkyl halides is 6. The number of ether oxygens (including phenoxy) is 1. The zero-order chi connectivity index (χ0) is 32.1. The highest BCUT2D eigenvalue weighted by Crippen LogP contribution is 2.50. The Bertz CT molecular complexity index is 1720. The molecule has 1 fully saturated rings. The molecule has 0 radical (unpaired) electrons. The topological polar surface area (TPSA) is 105 Å². The summed E-state index contributed by atoms with van der Waals surface area (Å²) < 4.78 is 91.9. The fourth-order valence-corrected chi connectivity index (χ4v) is 5.05. The maximum atomic E-state index is 13.4. The van der Waals surface area contributed by atoms with Crippen LogP contribution in [-0.4, -0.2) is 39.3 Å². The van der Waals surface area contributed by atoms with Crippen LogP contribution in [0.3, 0.4) is 0 Å². The molecule has 0 aliphatic carbocycles. The second-order valence-electron chi connectivity index (χ2n) is 10.5. The number of halogens is 6. The van der Waals surface area contributed by atoms with Crippen molar-refractivity contribution in [1.29, 1.82) is 0 Å². The zero-order valence-corrected chi connectivity index (χ0v) is 23.2. The Morgan fingerprint density at radius 3 is 2.41 bits per heavy atom. The van der Waals surface area contributed by atoms with Gasteiger partial charge in [-0.15, -0.1) is 0 Å². The zero-order valence-electron chi connectivity index (χ0n) is 23.2. The van der Waals surface area contributed by atoms with Gasteiger partial charge in [0, 0.05) is 23.2 Å². The number of carbonyl (C=O) groups excluding carboxylic acids is 2. The van der Waals surface area contributed by atoms with Gasteiger partial charge in [-0.3, -0.25) is 14.7 Å². The SMILES string of the molecule is CCCc1cc(C(O)(C(F)(F)F)C(F)(F)F)ccc1Oc1ccnc(CN2C(=O)NC(C)(c3ccc4ccoc4c3)C2=O)c1. The van der Waals surface area contributed by atoms with Gasteiger partial charge in [0.15, 0.2) is 0 Å². The Morgan fingerprint density at radius 2 is 1.73 bits per heavy atom. The second-order valence-corrected chi connectivity index (χ2v) is 10.5. The molecule has 4 aromatic rings. The summed E-state index contributed by atoms with van der Waals surface area (Å²) in [7, 11) is 0. The summed E-state index contributed by atoms with van der Waals surface area (Å²) in [4.78, 5) is 31.4. The Hall–Kier alpha value is -4.59. The van der Waals surface area contributed by atoms with Crippen LogP contribution in [0, 0.1) is 0 Å². The van der Waals surface area contributed by atoms with Crippen LogP contribution >= 0.6 is 0 Å². The van der Waals surface area contributed by atoms with E-state index < -0.39 is 41.0 Å². The van der Waals surface area contributed by atoms with Crippen LogP contribution < -0.4 is 10.1 Å². The van der Waals surface area contributed by atoms with Crippen LogP contribution in [0.15, 0.2) is 71.5 Å².